The SMILES string of the molecule is COc1ccc(F)c(Cl)c1C(C)c1c[nH]c2ncc(-c3c(CO)nn(C)c3C)cc12. The van der Waals surface area contributed by atoms with Crippen LogP contribution in [-0.2, 0) is 13.7 Å². The van der Waals surface area contributed by atoms with E-state index in [0.29, 0.717) is 22.7 Å². The Hall–Kier alpha value is -2.90. The number of methoxy groups -OCH3 is 1. The van der Waals surface area contributed by atoms with Crippen molar-refractivity contribution in [1.82, 2.24) is 19.7 Å². The molecule has 0 spiro atoms. The minimum atomic E-state index is -0.489. The molecule has 1 aromatic carbocycles. The van der Waals surface area contributed by atoms with E-state index < -0.39 is 5.82 Å². The molecule has 4 aromatic rings. The number of aliphatic hydroxyl groups excluding tert-OH is 1. The zero-order valence-electron chi connectivity index (χ0n) is 17.1. The van der Waals surface area contributed by atoms with Gasteiger partial charge in [-0.1, -0.05) is 18.5 Å². The fraction of sp³-hybridized carbons (Fsp3) is 0.273. The maximum Gasteiger partial charge on any atom is 0.142 e. The van der Waals surface area contributed by atoms with E-state index in [2.05, 4.69) is 15.1 Å². The number of aliphatic hydroxyl groups is 1. The zero-order chi connectivity index (χ0) is 21.6. The Bertz CT molecular complexity index is 1250. The van der Waals surface area contributed by atoms with Crippen LogP contribution in [0.5, 0.6) is 5.75 Å². The first kappa shape index (κ1) is 20.4. The summed E-state index contributed by atoms with van der Waals surface area (Å²) in [6.07, 6.45) is 3.61. The number of hydrogen-bond donors (Lipinski definition) is 2. The van der Waals surface area contributed by atoms with Crippen LogP contribution < -0.4 is 4.74 Å². The summed E-state index contributed by atoms with van der Waals surface area (Å²) in [6.45, 7) is 3.73. The number of rotatable bonds is 5. The van der Waals surface area contributed by atoms with Crippen LogP contribution in [0.25, 0.3) is 22.2 Å². The summed E-state index contributed by atoms with van der Waals surface area (Å²) < 4.78 is 21.4. The molecule has 0 aliphatic carbocycles. The number of fused-ring (bicyclic) bond motifs is 1. The summed E-state index contributed by atoms with van der Waals surface area (Å²) in [7, 11) is 3.38. The second-order valence-corrected chi connectivity index (χ2v) is 7.63. The van der Waals surface area contributed by atoms with E-state index in [0.717, 1.165) is 27.8 Å². The molecular weight excluding hydrogens is 407 g/mol. The Balaban J connectivity index is 1.89. The molecule has 0 saturated carbocycles. The van der Waals surface area contributed by atoms with E-state index in [9.17, 15) is 9.50 Å². The van der Waals surface area contributed by atoms with E-state index in [1.54, 1.807) is 16.9 Å². The summed E-state index contributed by atoms with van der Waals surface area (Å²) in [4.78, 5) is 7.73. The van der Waals surface area contributed by atoms with Crippen molar-refractivity contribution in [2.45, 2.75) is 26.4 Å². The number of pyridine rings is 1. The maximum absolute atomic E-state index is 14.2. The van der Waals surface area contributed by atoms with E-state index in [1.807, 2.05) is 33.2 Å². The lowest BCUT2D eigenvalue weighted by molar-refractivity contribution is 0.276. The first-order valence-electron chi connectivity index (χ1n) is 9.50. The average Bonchev–Trinajstić information content (AvgIpc) is 3.29. The number of nitrogens with one attached hydrogen (secondary N) is 1. The first-order valence-corrected chi connectivity index (χ1v) is 9.87. The molecule has 0 radical (unpaired) electrons. The number of aryl methyl sites for hydroxylation is 1. The second-order valence-electron chi connectivity index (χ2n) is 7.25. The minimum absolute atomic E-state index is 0.0472. The highest BCUT2D eigenvalue weighted by molar-refractivity contribution is 6.31. The van der Waals surface area contributed by atoms with E-state index >= 15 is 0 Å². The van der Waals surface area contributed by atoms with Crippen LogP contribution in [-0.4, -0.2) is 32.0 Å². The smallest absolute Gasteiger partial charge is 0.142 e. The van der Waals surface area contributed by atoms with Crippen LogP contribution in [0.1, 0.15) is 35.4 Å². The lowest BCUT2D eigenvalue weighted by Crippen LogP contribution is -2.02. The van der Waals surface area contributed by atoms with Crippen LogP contribution in [0, 0.1) is 12.7 Å². The third kappa shape index (κ3) is 3.14. The fourth-order valence-corrected chi connectivity index (χ4v) is 4.29. The van der Waals surface area contributed by atoms with Crippen molar-refractivity contribution in [3.8, 4) is 16.9 Å². The predicted octanol–water partition coefficient (Wildman–Crippen LogP) is 4.72. The van der Waals surface area contributed by atoms with Gasteiger partial charge in [-0.05, 0) is 30.7 Å². The summed E-state index contributed by atoms with van der Waals surface area (Å²) in [5.41, 5.74) is 5.44. The second kappa shape index (κ2) is 7.74. The van der Waals surface area contributed by atoms with Crippen molar-refractivity contribution in [1.29, 1.82) is 0 Å². The highest BCUT2D eigenvalue weighted by atomic mass is 35.5. The summed E-state index contributed by atoms with van der Waals surface area (Å²) in [5, 5.41) is 15.0. The standard InChI is InChI=1S/C22H22ClFN4O2/c1-11(19-18(30-4)6-5-16(24)21(19)23)15-9-26-22-14(15)7-13(8-25-22)20-12(2)28(3)27-17(20)10-29/h5-9,11,29H,10H2,1-4H3,(H,25,26). The molecule has 6 nitrogen and oxygen atoms in total. The van der Waals surface area contributed by atoms with E-state index in [-0.39, 0.29) is 17.5 Å². The van der Waals surface area contributed by atoms with Crippen molar-refractivity contribution >= 4 is 22.6 Å². The van der Waals surface area contributed by atoms with E-state index in [4.69, 9.17) is 16.3 Å². The third-order valence-electron chi connectivity index (χ3n) is 5.62. The van der Waals surface area contributed by atoms with Gasteiger partial charge in [0.05, 0.1) is 24.4 Å². The van der Waals surface area contributed by atoms with E-state index in [1.165, 1.54) is 13.2 Å². The van der Waals surface area contributed by atoms with Crippen LogP contribution in [0.4, 0.5) is 4.39 Å². The fourth-order valence-electron chi connectivity index (χ4n) is 3.97. The molecule has 1 atom stereocenters. The number of halogens is 2. The topological polar surface area (TPSA) is 76.0 Å². The van der Waals surface area contributed by atoms with Crippen molar-refractivity contribution in [2.75, 3.05) is 7.11 Å². The molecule has 0 amide bonds. The van der Waals surface area contributed by atoms with Crippen LogP contribution in [0.15, 0.2) is 30.6 Å². The molecule has 3 heterocycles. The molecule has 0 fully saturated rings. The highest BCUT2D eigenvalue weighted by Gasteiger charge is 2.23. The zero-order valence-corrected chi connectivity index (χ0v) is 17.9. The van der Waals surface area contributed by atoms with Gasteiger partial charge in [-0.2, -0.15) is 5.10 Å². The number of aromatic nitrogens is 4. The molecule has 8 heteroatoms. The molecule has 0 saturated heterocycles. The Morgan fingerprint density at radius 1 is 1.37 bits per heavy atom. The van der Waals surface area contributed by atoms with Crippen LogP contribution in [0.2, 0.25) is 5.02 Å². The third-order valence-corrected chi connectivity index (χ3v) is 6.00. The van der Waals surface area contributed by atoms with Gasteiger partial charge in [-0.3, -0.25) is 4.68 Å². The van der Waals surface area contributed by atoms with Crippen LogP contribution in [0.3, 0.4) is 0 Å². The van der Waals surface area contributed by atoms with Gasteiger partial charge in [0.15, 0.2) is 0 Å². The lowest BCUT2D eigenvalue weighted by atomic mass is 9.91. The molecule has 0 aliphatic rings. The molecule has 156 valence electrons. The van der Waals surface area contributed by atoms with Crippen molar-refractivity contribution < 1.29 is 14.2 Å². The molecule has 30 heavy (non-hydrogen) atoms. The summed E-state index contributed by atoms with van der Waals surface area (Å²) >= 11 is 6.31. The molecule has 1 unspecified atom stereocenters. The summed E-state index contributed by atoms with van der Waals surface area (Å²) in [6, 6.07) is 4.89. The van der Waals surface area contributed by atoms with Gasteiger partial charge in [-0.15, -0.1) is 0 Å². The van der Waals surface area contributed by atoms with Gasteiger partial charge in [0, 0.05) is 53.1 Å². The van der Waals surface area contributed by atoms with Gasteiger partial charge in [0.1, 0.15) is 17.2 Å². The monoisotopic (exact) mass is 428 g/mol. The number of hydrogen-bond acceptors (Lipinski definition) is 4. The van der Waals surface area contributed by atoms with Gasteiger partial charge in [-0.25, -0.2) is 9.37 Å². The normalized spacial score (nSPS) is 12.5. The first-order chi connectivity index (χ1) is 14.4. The largest absolute Gasteiger partial charge is 0.496 e. The number of benzene rings is 1. The average molecular weight is 429 g/mol. The van der Waals surface area contributed by atoms with Crippen molar-refractivity contribution in [3.63, 3.8) is 0 Å². The Kier molecular flexibility index (Phi) is 5.26. The number of aromatic amines is 1. The number of nitrogens with zero attached hydrogens (tertiary/aromatic N) is 3. The van der Waals surface area contributed by atoms with Crippen molar-refractivity contribution in [3.05, 3.63) is 63.9 Å². The van der Waals surface area contributed by atoms with Gasteiger partial charge in [0.2, 0.25) is 0 Å². The van der Waals surface area contributed by atoms with Crippen LogP contribution >= 0.6 is 11.6 Å². The Morgan fingerprint density at radius 3 is 2.83 bits per heavy atom. The number of ether oxygens (including phenoxy) is 1. The summed E-state index contributed by atoms with van der Waals surface area (Å²) in [5.74, 6) is -0.212. The quantitative estimate of drug-likeness (QED) is 0.482. The van der Waals surface area contributed by atoms with Gasteiger partial charge < -0.3 is 14.8 Å². The molecule has 0 aliphatic heterocycles. The maximum atomic E-state index is 14.2. The predicted molar refractivity (Wildman–Crippen MR) is 114 cm³/mol. The molecule has 3 aromatic heterocycles. The Morgan fingerprint density at radius 2 is 2.13 bits per heavy atom. The molecular formula is C22H22ClFN4O2. The molecule has 4 rings (SSSR count). The van der Waals surface area contributed by atoms with Gasteiger partial charge in [0.25, 0.3) is 0 Å². The lowest BCUT2D eigenvalue weighted by Gasteiger charge is -2.17. The van der Waals surface area contributed by atoms with Crippen molar-refractivity contribution in [2.24, 2.45) is 7.05 Å². The van der Waals surface area contributed by atoms with Gasteiger partial charge >= 0.3 is 0 Å². The Labute approximate surface area is 178 Å². The highest BCUT2D eigenvalue weighted by Crippen LogP contribution is 2.41. The molecule has 2 N–H and O–H groups in total. The molecule has 0 bridgehead atoms. The number of H-pyrrole nitrogens is 1. The minimum Gasteiger partial charge on any atom is -0.496 e.